The number of aryl methyl sites for hydroxylation is 1. The second-order valence-electron chi connectivity index (χ2n) is 4.83. The Bertz CT molecular complexity index is 698. The predicted octanol–water partition coefficient (Wildman–Crippen LogP) is -0.943. The van der Waals surface area contributed by atoms with Gasteiger partial charge in [0.1, 0.15) is 6.29 Å². The Morgan fingerprint density at radius 2 is 2.09 bits per heavy atom. The van der Waals surface area contributed by atoms with E-state index in [4.69, 9.17) is 0 Å². The first-order valence-corrected chi connectivity index (χ1v) is 9.66. The van der Waals surface area contributed by atoms with Gasteiger partial charge in [0.05, 0.1) is 16.9 Å². The van der Waals surface area contributed by atoms with Gasteiger partial charge in [0.2, 0.25) is 5.91 Å². The Hall–Kier alpha value is -1.68. The maximum absolute atomic E-state index is 11.9. The standard InChI is InChI=1S/C13H19N3O5S2/c1-8-10(12(19)16-13(20)14-8)3-4-11(18)15-9(5-17)6-23(21)7-22-2/h5,9H,3-4,6-7H2,1-2H3,(H,15,18)(H2,14,16,19,20)/t9-,23+/m0/s1. The van der Waals surface area contributed by atoms with Crippen LogP contribution in [0.3, 0.4) is 0 Å². The first kappa shape index (κ1) is 19.4. The number of hydrogen-bond donors (Lipinski definition) is 3. The van der Waals surface area contributed by atoms with Crippen LogP contribution in [0.25, 0.3) is 0 Å². The highest BCUT2D eigenvalue weighted by Crippen LogP contribution is 2.01. The van der Waals surface area contributed by atoms with Crippen molar-refractivity contribution in [3.63, 3.8) is 0 Å². The van der Waals surface area contributed by atoms with Gasteiger partial charge in [0, 0.05) is 28.5 Å². The van der Waals surface area contributed by atoms with E-state index in [1.807, 2.05) is 0 Å². The summed E-state index contributed by atoms with van der Waals surface area (Å²) in [6, 6.07) is -0.814. The molecule has 0 aliphatic carbocycles. The molecule has 0 saturated heterocycles. The lowest BCUT2D eigenvalue weighted by Gasteiger charge is -2.12. The van der Waals surface area contributed by atoms with Crippen LogP contribution in [0.2, 0.25) is 0 Å². The van der Waals surface area contributed by atoms with Crippen LogP contribution in [0.15, 0.2) is 9.59 Å². The van der Waals surface area contributed by atoms with Gasteiger partial charge in [-0.15, -0.1) is 0 Å². The molecule has 0 saturated carbocycles. The van der Waals surface area contributed by atoms with Gasteiger partial charge in [0.15, 0.2) is 0 Å². The quantitative estimate of drug-likeness (QED) is 0.487. The Morgan fingerprint density at radius 3 is 2.65 bits per heavy atom. The Labute approximate surface area is 139 Å². The van der Waals surface area contributed by atoms with Gasteiger partial charge in [-0.25, -0.2) is 4.79 Å². The summed E-state index contributed by atoms with van der Waals surface area (Å²) in [6.45, 7) is 1.57. The molecule has 3 N–H and O–H groups in total. The van der Waals surface area contributed by atoms with Crippen molar-refractivity contribution >= 4 is 34.8 Å². The molecule has 2 atom stereocenters. The average molecular weight is 361 g/mol. The minimum absolute atomic E-state index is 0.0184. The summed E-state index contributed by atoms with van der Waals surface area (Å²) in [4.78, 5) is 50.1. The molecule has 23 heavy (non-hydrogen) atoms. The van der Waals surface area contributed by atoms with E-state index >= 15 is 0 Å². The third-order valence-corrected chi connectivity index (χ3v) is 5.71. The first-order chi connectivity index (χ1) is 10.9. The van der Waals surface area contributed by atoms with E-state index in [1.54, 1.807) is 13.2 Å². The molecule has 0 aliphatic heterocycles. The van der Waals surface area contributed by atoms with Crippen LogP contribution >= 0.6 is 11.8 Å². The molecule has 0 fully saturated rings. The lowest BCUT2D eigenvalue weighted by Crippen LogP contribution is -2.40. The van der Waals surface area contributed by atoms with E-state index in [9.17, 15) is 23.4 Å². The number of aromatic amines is 2. The van der Waals surface area contributed by atoms with Crippen molar-refractivity contribution in [3.05, 3.63) is 32.1 Å². The van der Waals surface area contributed by atoms with Crippen molar-refractivity contribution in [2.24, 2.45) is 0 Å². The summed E-state index contributed by atoms with van der Waals surface area (Å²) in [5.41, 5.74) is -0.419. The lowest BCUT2D eigenvalue weighted by molar-refractivity contribution is -0.123. The number of aldehydes is 1. The summed E-state index contributed by atoms with van der Waals surface area (Å²) in [6.07, 6.45) is 2.46. The molecule has 0 aliphatic rings. The molecule has 1 amide bonds. The molecule has 0 unspecified atom stereocenters. The molecule has 0 radical (unpaired) electrons. The summed E-state index contributed by atoms with van der Waals surface area (Å²) in [5.74, 6) is -0.359. The van der Waals surface area contributed by atoms with Gasteiger partial charge in [-0.05, 0) is 19.6 Å². The van der Waals surface area contributed by atoms with Crippen LogP contribution in [0.4, 0.5) is 0 Å². The molecule has 1 heterocycles. The molecule has 1 aromatic rings. The van der Waals surface area contributed by atoms with Crippen LogP contribution in [-0.4, -0.2) is 49.5 Å². The topological polar surface area (TPSA) is 129 Å². The Balaban J connectivity index is 2.60. The molecule has 0 bridgehead atoms. The average Bonchev–Trinajstić information content (AvgIpc) is 2.45. The lowest BCUT2D eigenvalue weighted by atomic mass is 10.1. The monoisotopic (exact) mass is 361 g/mol. The third kappa shape index (κ3) is 6.53. The second-order valence-corrected chi connectivity index (χ2v) is 7.57. The van der Waals surface area contributed by atoms with Crippen LogP contribution in [0.5, 0.6) is 0 Å². The molecule has 8 nitrogen and oxygen atoms in total. The number of nitrogens with one attached hydrogen (secondary N) is 3. The normalized spacial score (nSPS) is 13.3. The number of carbonyl (C=O) groups is 2. The van der Waals surface area contributed by atoms with Gasteiger partial charge < -0.3 is 15.1 Å². The summed E-state index contributed by atoms with van der Waals surface area (Å²) in [5, 5.41) is 2.88. The number of hydrogen-bond acceptors (Lipinski definition) is 6. The molecule has 0 spiro atoms. The van der Waals surface area contributed by atoms with Crippen LogP contribution in [0, 0.1) is 6.92 Å². The predicted molar refractivity (Wildman–Crippen MR) is 90.1 cm³/mol. The van der Waals surface area contributed by atoms with E-state index in [1.165, 1.54) is 11.8 Å². The number of H-pyrrole nitrogens is 2. The van der Waals surface area contributed by atoms with Gasteiger partial charge in [-0.2, -0.15) is 11.8 Å². The van der Waals surface area contributed by atoms with Crippen LogP contribution < -0.4 is 16.6 Å². The smallest absolute Gasteiger partial charge is 0.325 e. The molecule has 10 heteroatoms. The molecular weight excluding hydrogens is 342 g/mol. The fourth-order valence-electron chi connectivity index (χ4n) is 1.94. The zero-order valence-corrected chi connectivity index (χ0v) is 14.5. The Kier molecular flexibility index (Phi) is 7.96. The van der Waals surface area contributed by atoms with Crippen molar-refractivity contribution in [2.45, 2.75) is 25.8 Å². The van der Waals surface area contributed by atoms with Gasteiger partial charge in [-0.1, -0.05) is 0 Å². The van der Waals surface area contributed by atoms with Crippen molar-refractivity contribution in [3.8, 4) is 0 Å². The van der Waals surface area contributed by atoms with Crippen molar-refractivity contribution < 1.29 is 13.8 Å². The van der Waals surface area contributed by atoms with Gasteiger partial charge in [-0.3, -0.25) is 18.8 Å². The largest absolute Gasteiger partial charge is 0.346 e. The minimum Gasteiger partial charge on any atom is -0.346 e. The van der Waals surface area contributed by atoms with Crippen molar-refractivity contribution in [1.29, 1.82) is 0 Å². The number of aromatic nitrogens is 2. The van der Waals surface area contributed by atoms with E-state index in [0.29, 0.717) is 22.6 Å². The van der Waals surface area contributed by atoms with E-state index in [-0.39, 0.29) is 18.6 Å². The van der Waals surface area contributed by atoms with Crippen molar-refractivity contribution in [2.75, 3.05) is 17.1 Å². The highest BCUT2D eigenvalue weighted by Gasteiger charge is 2.15. The highest BCUT2D eigenvalue weighted by atomic mass is 32.2. The molecule has 0 aromatic carbocycles. The number of thioether (sulfide) groups is 1. The first-order valence-electron chi connectivity index (χ1n) is 6.78. The maximum Gasteiger partial charge on any atom is 0.325 e. The molecular formula is C13H19N3O5S2. The second kappa shape index (κ2) is 9.46. The van der Waals surface area contributed by atoms with Crippen LogP contribution in [-0.2, 0) is 26.8 Å². The molecule has 128 valence electrons. The fraction of sp³-hybridized carbons (Fsp3) is 0.538. The summed E-state index contributed by atoms with van der Waals surface area (Å²) < 4.78 is 11.6. The summed E-state index contributed by atoms with van der Waals surface area (Å²) >= 11 is 1.40. The van der Waals surface area contributed by atoms with Crippen LogP contribution in [0.1, 0.15) is 17.7 Å². The number of carbonyl (C=O) groups excluding carboxylic acids is 2. The molecule has 1 aromatic heterocycles. The van der Waals surface area contributed by atoms with E-state index in [0.717, 1.165) is 0 Å². The van der Waals surface area contributed by atoms with Gasteiger partial charge >= 0.3 is 5.69 Å². The van der Waals surface area contributed by atoms with E-state index in [2.05, 4.69) is 15.3 Å². The minimum atomic E-state index is -1.19. The third-order valence-electron chi connectivity index (χ3n) is 2.98. The van der Waals surface area contributed by atoms with Crippen molar-refractivity contribution in [1.82, 2.24) is 15.3 Å². The summed E-state index contributed by atoms with van der Waals surface area (Å²) in [7, 11) is -1.19. The molecule has 1 rings (SSSR count). The zero-order chi connectivity index (χ0) is 17.4. The van der Waals surface area contributed by atoms with Gasteiger partial charge in [0.25, 0.3) is 5.56 Å². The van der Waals surface area contributed by atoms with E-state index < -0.39 is 34.0 Å². The maximum atomic E-state index is 11.9. The Morgan fingerprint density at radius 1 is 1.39 bits per heavy atom. The number of amides is 1. The fourth-order valence-corrected chi connectivity index (χ4v) is 3.94. The highest BCUT2D eigenvalue weighted by molar-refractivity contribution is 8.09. The number of rotatable bonds is 9. The zero-order valence-electron chi connectivity index (χ0n) is 12.8. The SMILES string of the molecule is CSC[S@](=O)C[C@H](C=O)NC(=O)CCc1c(C)[nH]c(=O)[nH]c1=O.